The lowest BCUT2D eigenvalue weighted by Crippen LogP contribution is -2.46. The summed E-state index contributed by atoms with van der Waals surface area (Å²) in [6.45, 7) is 0. The second-order valence-electron chi connectivity index (χ2n) is 12.6. The predicted octanol–water partition coefficient (Wildman–Crippen LogP) is 7.79. The second-order valence-corrected chi connectivity index (χ2v) is 12.6. The average Bonchev–Trinajstić information content (AvgIpc) is 3.46. The maximum Gasteiger partial charge on any atom is 0.0127 e. The molecule has 0 aromatic carbocycles. The van der Waals surface area contributed by atoms with Crippen molar-refractivity contribution in [3.63, 3.8) is 0 Å². The molecule has 32 heavy (non-hydrogen) atoms. The fourth-order valence-electron chi connectivity index (χ4n) is 9.82. The molecule has 0 radical (unpaired) electrons. The molecule has 0 saturated heterocycles. The molecule has 0 aliphatic heterocycles. The molecule has 6 aliphatic rings. The van der Waals surface area contributed by atoms with Crippen molar-refractivity contribution in [2.24, 2.45) is 46.0 Å². The Morgan fingerprint density at radius 2 is 0.750 bits per heavy atom. The molecule has 0 heterocycles. The third-order valence-corrected chi connectivity index (χ3v) is 11.5. The molecule has 6 saturated carbocycles. The van der Waals surface area contributed by atoms with E-state index in [0.29, 0.717) is 22.9 Å². The molecule has 4 bridgehead atoms. The van der Waals surface area contributed by atoms with E-state index in [-0.39, 0.29) is 24.8 Å². The van der Waals surface area contributed by atoms with Crippen molar-refractivity contribution < 1.29 is 0 Å². The van der Waals surface area contributed by atoms with E-state index >= 15 is 0 Å². The molecule has 0 unspecified atom stereocenters. The first-order chi connectivity index (χ1) is 14.7. The summed E-state index contributed by atoms with van der Waals surface area (Å²) >= 11 is 0. The van der Waals surface area contributed by atoms with Gasteiger partial charge in [-0.2, -0.15) is 0 Å². The average molecular weight is 488 g/mol. The number of fused-ring (bicyclic) bond motifs is 6. The third-order valence-electron chi connectivity index (χ3n) is 11.5. The highest BCUT2D eigenvalue weighted by Gasteiger charge is 2.56. The molecule has 0 aromatic heterocycles. The van der Waals surface area contributed by atoms with Crippen molar-refractivity contribution in [1.82, 2.24) is 0 Å². The van der Waals surface area contributed by atoms with Crippen LogP contribution in [-0.2, 0) is 0 Å². The molecular weight excluding hydrogens is 435 g/mol. The van der Waals surface area contributed by atoms with Crippen molar-refractivity contribution in [3.8, 4) is 0 Å². The van der Waals surface area contributed by atoms with E-state index < -0.39 is 0 Å². The second kappa shape index (κ2) is 11.5. The van der Waals surface area contributed by atoms with Gasteiger partial charge in [0.2, 0.25) is 0 Å². The molecular formula is C28H52Cl2N2. The van der Waals surface area contributed by atoms with Gasteiger partial charge in [0.25, 0.3) is 0 Å². The Morgan fingerprint density at radius 3 is 1.03 bits per heavy atom. The van der Waals surface area contributed by atoms with Gasteiger partial charge >= 0.3 is 0 Å². The Morgan fingerprint density at radius 1 is 0.438 bits per heavy atom. The first-order valence-electron chi connectivity index (χ1n) is 14.2. The summed E-state index contributed by atoms with van der Waals surface area (Å²) in [5.41, 5.74) is 14.3. The Hall–Kier alpha value is 0.500. The molecule has 6 rings (SSSR count). The lowest BCUT2D eigenvalue weighted by atomic mass is 9.63. The summed E-state index contributed by atoms with van der Waals surface area (Å²) in [4.78, 5) is 0. The van der Waals surface area contributed by atoms with Crippen LogP contribution in [0.15, 0.2) is 0 Å². The van der Waals surface area contributed by atoms with Crippen LogP contribution < -0.4 is 11.5 Å². The maximum atomic E-state index is 6.55. The predicted molar refractivity (Wildman–Crippen MR) is 142 cm³/mol. The Labute approximate surface area is 211 Å². The molecule has 0 amide bonds. The minimum absolute atomic E-state index is 0. The first kappa shape index (κ1) is 27.1. The molecule has 4 heteroatoms. The van der Waals surface area contributed by atoms with Crippen LogP contribution in [0.5, 0.6) is 0 Å². The van der Waals surface area contributed by atoms with E-state index in [1.54, 1.807) is 0 Å². The maximum absolute atomic E-state index is 6.55. The smallest absolute Gasteiger partial charge is 0.0127 e. The molecule has 0 aromatic rings. The zero-order chi connectivity index (χ0) is 20.6. The van der Waals surface area contributed by atoms with Crippen LogP contribution in [-0.4, -0.2) is 12.1 Å². The van der Waals surface area contributed by atoms with Gasteiger partial charge in [-0.1, -0.05) is 64.2 Å². The summed E-state index contributed by atoms with van der Waals surface area (Å²) in [6.07, 6.45) is 29.3. The monoisotopic (exact) mass is 486 g/mol. The van der Waals surface area contributed by atoms with Crippen LogP contribution in [0.2, 0.25) is 0 Å². The third kappa shape index (κ3) is 4.78. The van der Waals surface area contributed by atoms with Gasteiger partial charge in [0.1, 0.15) is 0 Å². The fourth-order valence-corrected chi connectivity index (χ4v) is 9.82. The molecule has 2 spiro atoms. The van der Waals surface area contributed by atoms with Gasteiger partial charge in [-0.3, -0.25) is 0 Å². The van der Waals surface area contributed by atoms with Crippen LogP contribution >= 0.6 is 24.8 Å². The van der Waals surface area contributed by atoms with E-state index in [0.717, 1.165) is 23.7 Å². The topological polar surface area (TPSA) is 52.0 Å². The molecule has 188 valence electrons. The number of hydrogen-bond donors (Lipinski definition) is 2. The van der Waals surface area contributed by atoms with Crippen molar-refractivity contribution in [3.05, 3.63) is 0 Å². The zero-order valence-electron chi connectivity index (χ0n) is 20.6. The summed E-state index contributed by atoms with van der Waals surface area (Å²) in [7, 11) is 0. The van der Waals surface area contributed by atoms with E-state index in [1.807, 2.05) is 0 Å². The highest BCUT2D eigenvalue weighted by atomic mass is 35.5. The Bertz CT molecular complexity index is 508. The van der Waals surface area contributed by atoms with Crippen molar-refractivity contribution in [1.29, 1.82) is 0 Å². The SMILES string of the molecule is Cl.Cl.N[C@@H]1[C@@H]2CC[C@@H](C2)C12CCCCCCC2.N[C@H]1[C@H]2CC[C@H](C2)C12CCCCCCC2. The van der Waals surface area contributed by atoms with Crippen molar-refractivity contribution in [2.45, 2.75) is 141 Å². The van der Waals surface area contributed by atoms with Crippen molar-refractivity contribution in [2.75, 3.05) is 0 Å². The lowest BCUT2D eigenvalue weighted by molar-refractivity contribution is 0.0912. The van der Waals surface area contributed by atoms with Crippen LogP contribution in [0, 0.1) is 34.5 Å². The standard InChI is InChI=1S/2C14H25N.2ClH/c2*15-13-11-6-7-12(10-11)14(13)8-4-2-1-3-5-9-14;;/h2*11-13H,1-10,15H2;2*1H/t2*11-,12+,13-;;/m10../s1. The first-order valence-corrected chi connectivity index (χ1v) is 14.2. The van der Waals surface area contributed by atoms with E-state index in [2.05, 4.69) is 0 Å². The molecule has 4 N–H and O–H groups in total. The summed E-state index contributed by atoms with van der Waals surface area (Å²) in [5, 5.41) is 0. The summed E-state index contributed by atoms with van der Waals surface area (Å²) in [6, 6.07) is 1.13. The van der Waals surface area contributed by atoms with Gasteiger partial charge in [-0.15, -0.1) is 24.8 Å². The van der Waals surface area contributed by atoms with Crippen molar-refractivity contribution >= 4 is 24.8 Å². The minimum Gasteiger partial charge on any atom is -0.327 e. The van der Waals surface area contributed by atoms with Gasteiger partial charge < -0.3 is 11.5 Å². The normalized spacial score (nSPS) is 41.4. The largest absolute Gasteiger partial charge is 0.327 e. The van der Waals surface area contributed by atoms with E-state index in [1.165, 1.54) is 128 Å². The van der Waals surface area contributed by atoms with Crippen LogP contribution in [0.3, 0.4) is 0 Å². The number of halogens is 2. The number of hydrogen-bond acceptors (Lipinski definition) is 2. The van der Waals surface area contributed by atoms with Gasteiger partial charge in [0.05, 0.1) is 0 Å². The molecule has 6 atom stereocenters. The molecule has 6 fully saturated rings. The Balaban J connectivity index is 0.000000170. The highest BCUT2D eigenvalue weighted by Crippen LogP contribution is 2.61. The van der Waals surface area contributed by atoms with Gasteiger partial charge in [-0.05, 0) is 98.7 Å². The van der Waals surface area contributed by atoms with E-state index in [4.69, 9.17) is 11.5 Å². The number of rotatable bonds is 0. The van der Waals surface area contributed by atoms with E-state index in [9.17, 15) is 0 Å². The van der Waals surface area contributed by atoms with Gasteiger partial charge in [0, 0.05) is 12.1 Å². The van der Waals surface area contributed by atoms with Crippen LogP contribution in [0.4, 0.5) is 0 Å². The fraction of sp³-hybridized carbons (Fsp3) is 1.00. The summed E-state index contributed by atoms with van der Waals surface area (Å²) in [5.74, 6) is 3.81. The Kier molecular flexibility index (Phi) is 9.73. The van der Waals surface area contributed by atoms with Gasteiger partial charge in [0.15, 0.2) is 0 Å². The highest BCUT2D eigenvalue weighted by molar-refractivity contribution is 5.85. The lowest BCUT2D eigenvalue weighted by Gasteiger charge is -2.44. The summed E-state index contributed by atoms with van der Waals surface area (Å²) < 4.78 is 0. The van der Waals surface area contributed by atoms with Crippen LogP contribution in [0.25, 0.3) is 0 Å². The zero-order valence-corrected chi connectivity index (χ0v) is 22.2. The molecule has 2 nitrogen and oxygen atoms in total. The van der Waals surface area contributed by atoms with Crippen LogP contribution in [0.1, 0.15) is 128 Å². The minimum atomic E-state index is 0. The van der Waals surface area contributed by atoms with Gasteiger partial charge in [-0.25, -0.2) is 0 Å². The molecule has 6 aliphatic carbocycles. The quantitative estimate of drug-likeness (QED) is 0.366. The number of nitrogens with two attached hydrogens (primary N) is 2.